The minimum atomic E-state index is -3.74. The highest BCUT2D eigenvalue weighted by atomic mass is 32.2. The Morgan fingerprint density at radius 3 is 2.42 bits per heavy atom. The van der Waals surface area contributed by atoms with Crippen molar-refractivity contribution in [2.24, 2.45) is 0 Å². The van der Waals surface area contributed by atoms with Crippen LogP contribution in [0.15, 0.2) is 42.6 Å². The lowest BCUT2D eigenvalue weighted by atomic mass is 10.1. The molecule has 136 valence electrons. The van der Waals surface area contributed by atoms with Crippen LogP contribution in [0.4, 0.5) is 0 Å². The summed E-state index contributed by atoms with van der Waals surface area (Å²) >= 11 is 0. The topological polar surface area (TPSA) is 79.0 Å². The Morgan fingerprint density at radius 1 is 1.00 bits per heavy atom. The molecule has 6 heteroatoms. The fourth-order valence-electron chi connectivity index (χ4n) is 3.08. The van der Waals surface area contributed by atoms with Crippen molar-refractivity contribution in [2.45, 2.75) is 32.9 Å². The normalized spacial score (nSPS) is 11.7. The number of carbonyl (C=O) groups is 1. The highest BCUT2D eigenvalue weighted by Gasteiger charge is 2.18. The third-order valence-corrected chi connectivity index (χ3v) is 5.62. The molecule has 0 saturated carbocycles. The van der Waals surface area contributed by atoms with E-state index in [-0.39, 0.29) is 12.2 Å². The largest absolute Gasteiger partial charge is 0.361 e. The van der Waals surface area contributed by atoms with Gasteiger partial charge in [-0.2, -0.15) is 0 Å². The van der Waals surface area contributed by atoms with Crippen molar-refractivity contribution >= 4 is 26.8 Å². The maximum Gasteiger partial charge on any atom is 0.239 e. The van der Waals surface area contributed by atoms with E-state index >= 15 is 0 Å². The fraction of sp³-hybridized carbons (Fsp3) is 0.250. The van der Waals surface area contributed by atoms with Gasteiger partial charge < -0.3 is 4.98 Å². The average molecular weight is 370 g/mol. The predicted octanol–water partition coefficient (Wildman–Crippen LogP) is 3.28. The highest BCUT2D eigenvalue weighted by molar-refractivity contribution is 7.89. The van der Waals surface area contributed by atoms with Crippen LogP contribution in [-0.4, -0.2) is 19.3 Å². The summed E-state index contributed by atoms with van der Waals surface area (Å²) in [6, 6.07) is 11.5. The number of benzene rings is 2. The Kier molecular flexibility index (Phi) is 4.87. The number of carbonyl (C=O) groups excluding carboxylic acids is 1. The standard InChI is InChI=1S/C20H22N2O3S/c1-13-4-6-16(15(3)8-13)12-26(24,25)22-20(23)10-17-11-21-19-9-14(2)5-7-18(17)19/h4-9,11,21H,10,12H2,1-3H3,(H,22,23). The molecule has 1 amide bonds. The minimum Gasteiger partial charge on any atom is -0.361 e. The van der Waals surface area contributed by atoms with Crippen molar-refractivity contribution in [3.63, 3.8) is 0 Å². The highest BCUT2D eigenvalue weighted by Crippen LogP contribution is 2.20. The number of nitrogens with one attached hydrogen (secondary N) is 2. The van der Waals surface area contributed by atoms with E-state index < -0.39 is 15.9 Å². The predicted molar refractivity (Wildman–Crippen MR) is 103 cm³/mol. The zero-order valence-corrected chi connectivity index (χ0v) is 15.9. The first-order valence-electron chi connectivity index (χ1n) is 8.39. The summed E-state index contributed by atoms with van der Waals surface area (Å²) in [4.78, 5) is 15.4. The van der Waals surface area contributed by atoms with Crippen LogP contribution in [0.3, 0.4) is 0 Å². The number of hydrogen-bond donors (Lipinski definition) is 2. The Balaban J connectivity index is 1.71. The van der Waals surface area contributed by atoms with Crippen molar-refractivity contribution in [3.05, 3.63) is 70.4 Å². The van der Waals surface area contributed by atoms with E-state index in [0.29, 0.717) is 5.56 Å². The summed E-state index contributed by atoms with van der Waals surface area (Å²) in [6.45, 7) is 5.82. The summed E-state index contributed by atoms with van der Waals surface area (Å²) in [5, 5.41) is 0.928. The van der Waals surface area contributed by atoms with Crippen LogP contribution in [0.2, 0.25) is 0 Å². The molecule has 5 nitrogen and oxygen atoms in total. The first kappa shape index (κ1) is 18.2. The molecule has 0 aliphatic rings. The van der Waals surface area contributed by atoms with E-state index in [4.69, 9.17) is 0 Å². The number of rotatable bonds is 5. The second-order valence-corrected chi connectivity index (χ2v) is 8.48. The molecule has 3 rings (SSSR count). The lowest BCUT2D eigenvalue weighted by Crippen LogP contribution is -2.32. The SMILES string of the molecule is Cc1ccc(CS(=O)(=O)NC(=O)Cc2c[nH]c3cc(C)ccc23)c(C)c1. The molecule has 2 aromatic carbocycles. The molecule has 3 aromatic rings. The third kappa shape index (κ3) is 4.14. The molecular formula is C20H22N2O3S. The molecule has 1 heterocycles. The molecule has 0 bridgehead atoms. The van der Waals surface area contributed by atoms with E-state index in [0.717, 1.165) is 33.2 Å². The number of sulfonamides is 1. The lowest BCUT2D eigenvalue weighted by molar-refractivity contribution is -0.118. The van der Waals surface area contributed by atoms with Gasteiger partial charge in [-0.15, -0.1) is 0 Å². The maximum atomic E-state index is 12.3. The second-order valence-electron chi connectivity index (χ2n) is 6.75. The molecule has 0 radical (unpaired) electrons. The van der Waals surface area contributed by atoms with Gasteiger partial charge in [0.05, 0.1) is 12.2 Å². The fourth-order valence-corrected chi connectivity index (χ4v) is 4.30. The Labute approximate surface area is 153 Å². The maximum absolute atomic E-state index is 12.3. The minimum absolute atomic E-state index is 0.00910. The molecule has 0 unspecified atom stereocenters. The molecule has 0 spiro atoms. The molecule has 26 heavy (non-hydrogen) atoms. The summed E-state index contributed by atoms with van der Waals surface area (Å²) in [7, 11) is -3.74. The van der Waals surface area contributed by atoms with Crippen LogP contribution in [0.1, 0.15) is 27.8 Å². The first-order chi connectivity index (χ1) is 12.2. The van der Waals surface area contributed by atoms with Crippen LogP contribution in [0, 0.1) is 20.8 Å². The molecular weight excluding hydrogens is 348 g/mol. The monoisotopic (exact) mass is 370 g/mol. The molecule has 0 aliphatic carbocycles. The number of aryl methyl sites for hydroxylation is 3. The van der Waals surface area contributed by atoms with E-state index in [1.54, 1.807) is 12.3 Å². The van der Waals surface area contributed by atoms with Gasteiger partial charge in [-0.1, -0.05) is 35.9 Å². The Morgan fingerprint density at radius 2 is 1.69 bits per heavy atom. The summed E-state index contributed by atoms with van der Waals surface area (Å²) in [6.07, 6.45) is 1.76. The van der Waals surface area contributed by atoms with Gasteiger partial charge in [0.1, 0.15) is 0 Å². The number of hydrogen-bond acceptors (Lipinski definition) is 3. The quantitative estimate of drug-likeness (QED) is 0.723. The van der Waals surface area contributed by atoms with Gasteiger partial charge in [0.25, 0.3) is 0 Å². The van der Waals surface area contributed by atoms with Crippen LogP contribution in [0.5, 0.6) is 0 Å². The van der Waals surface area contributed by atoms with Gasteiger partial charge in [0.15, 0.2) is 0 Å². The van der Waals surface area contributed by atoms with Crippen LogP contribution < -0.4 is 4.72 Å². The van der Waals surface area contributed by atoms with Crippen LogP contribution in [0.25, 0.3) is 10.9 Å². The number of H-pyrrole nitrogens is 1. The number of amides is 1. The van der Waals surface area contributed by atoms with Gasteiger partial charge in [0, 0.05) is 17.1 Å². The third-order valence-electron chi connectivity index (χ3n) is 4.39. The van der Waals surface area contributed by atoms with Crippen molar-refractivity contribution in [2.75, 3.05) is 0 Å². The molecule has 0 atom stereocenters. The summed E-state index contributed by atoms with van der Waals surface area (Å²) in [5.74, 6) is -0.742. The zero-order chi connectivity index (χ0) is 18.9. The van der Waals surface area contributed by atoms with E-state index in [1.165, 1.54) is 0 Å². The van der Waals surface area contributed by atoms with E-state index in [1.807, 2.05) is 51.1 Å². The summed E-state index contributed by atoms with van der Waals surface area (Å²) < 4.78 is 26.9. The Hall–Kier alpha value is -2.60. The van der Waals surface area contributed by atoms with Crippen molar-refractivity contribution in [1.82, 2.24) is 9.71 Å². The van der Waals surface area contributed by atoms with Crippen LogP contribution >= 0.6 is 0 Å². The molecule has 0 aliphatic heterocycles. The first-order valence-corrected chi connectivity index (χ1v) is 10.0. The molecule has 0 fully saturated rings. The van der Waals surface area contributed by atoms with E-state index in [9.17, 15) is 13.2 Å². The summed E-state index contributed by atoms with van der Waals surface area (Å²) in [5.41, 5.74) is 5.49. The van der Waals surface area contributed by atoms with Crippen molar-refractivity contribution < 1.29 is 13.2 Å². The zero-order valence-electron chi connectivity index (χ0n) is 15.1. The number of aromatic amines is 1. The van der Waals surface area contributed by atoms with Gasteiger partial charge in [-0.25, -0.2) is 8.42 Å². The van der Waals surface area contributed by atoms with E-state index in [2.05, 4.69) is 9.71 Å². The smallest absolute Gasteiger partial charge is 0.239 e. The van der Waals surface area contributed by atoms with Crippen molar-refractivity contribution in [1.29, 1.82) is 0 Å². The van der Waals surface area contributed by atoms with Crippen LogP contribution in [-0.2, 0) is 27.0 Å². The molecule has 0 saturated heterocycles. The number of aromatic nitrogens is 1. The van der Waals surface area contributed by atoms with Gasteiger partial charge in [0.2, 0.25) is 15.9 Å². The van der Waals surface area contributed by atoms with Gasteiger partial charge in [-0.3, -0.25) is 9.52 Å². The number of fused-ring (bicyclic) bond motifs is 1. The van der Waals surface area contributed by atoms with Crippen molar-refractivity contribution in [3.8, 4) is 0 Å². The van der Waals surface area contributed by atoms with Gasteiger partial charge >= 0.3 is 0 Å². The second kappa shape index (κ2) is 6.96. The van der Waals surface area contributed by atoms with Gasteiger partial charge in [-0.05, 0) is 49.1 Å². The Bertz CT molecular complexity index is 1080. The average Bonchev–Trinajstić information content (AvgIpc) is 2.91. The molecule has 1 aromatic heterocycles. The lowest BCUT2D eigenvalue weighted by Gasteiger charge is -2.09. The molecule has 2 N–H and O–H groups in total.